The molecule has 0 saturated carbocycles. The molecule has 0 aromatic heterocycles. The van der Waals surface area contributed by atoms with E-state index in [0.29, 0.717) is 10.7 Å². The summed E-state index contributed by atoms with van der Waals surface area (Å²) < 4.78 is 0. The van der Waals surface area contributed by atoms with Gasteiger partial charge in [-0.1, -0.05) is 17.7 Å². The number of rotatable bonds is 2. The van der Waals surface area contributed by atoms with Crippen molar-refractivity contribution in [1.29, 1.82) is 0 Å². The maximum atomic E-state index is 12.0. The Hall–Kier alpha value is -1.99. The molecule has 1 N–H and O–H groups in total. The first kappa shape index (κ1) is 12.5. The van der Waals surface area contributed by atoms with Crippen LogP contribution in [0.2, 0.25) is 5.02 Å². The highest BCUT2D eigenvalue weighted by Crippen LogP contribution is 2.26. The van der Waals surface area contributed by atoms with Crippen LogP contribution in [0.4, 0.5) is 10.5 Å². The van der Waals surface area contributed by atoms with Crippen molar-refractivity contribution in [3.63, 3.8) is 0 Å². The molecule has 4 nitrogen and oxygen atoms in total. The van der Waals surface area contributed by atoms with Gasteiger partial charge in [-0.25, -0.2) is 9.69 Å². The molecule has 1 aliphatic rings. The van der Waals surface area contributed by atoms with E-state index in [1.807, 2.05) is 6.92 Å². The minimum atomic E-state index is -0.650. The van der Waals surface area contributed by atoms with E-state index < -0.39 is 12.1 Å². The average Bonchev–Trinajstić information content (AvgIpc) is 2.59. The van der Waals surface area contributed by atoms with Gasteiger partial charge >= 0.3 is 6.03 Å². The van der Waals surface area contributed by atoms with Crippen LogP contribution < -0.4 is 10.2 Å². The smallest absolute Gasteiger partial charge is 0.324 e. The van der Waals surface area contributed by atoms with Crippen molar-refractivity contribution in [2.75, 3.05) is 4.90 Å². The lowest BCUT2D eigenvalue weighted by molar-refractivity contribution is -0.118. The zero-order valence-electron chi connectivity index (χ0n) is 9.74. The van der Waals surface area contributed by atoms with E-state index in [1.165, 1.54) is 0 Å². The number of hydrogen-bond acceptors (Lipinski definition) is 2. The maximum Gasteiger partial charge on any atom is 0.329 e. The van der Waals surface area contributed by atoms with Gasteiger partial charge in [0.2, 0.25) is 0 Å². The van der Waals surface area contributed by atoms with Gasteiger partial charge in [0.05, 0.1) is 5.69 Å². The fraction of sp³-hybridized carbons (Fsp3) is 0.231. The van der Waals surface area contributed by atoms with E-state index in [0.717, 1.165) is 10.5 Å². The molecule has 18 heavy (non-hydrogen) atoms. The Balaban J connectivity index is 2.33. The Kier molecular flexibility index (Phi) is 3.26. The van der Waals surface area contributed by atoms with Gasteiger partial charge < -0.3 is 5.32 Å². The lowest BCUT2D eigenvalue weighted by Gasteiger charge is -2.13. The van der Waals surface area contributed by atoms with Gasteiger partial charge in [0.25, 0.3) is 5.91 Å². The van der Waals surface area contributed by atoms with Gasteiger partial charge in [0.15, 0.2) is 0 Å². The van der Waals surface area contributed by atoms with E-state index in [4.69, 9.17) is 18.0 Å². The highest BCUT2D eigenvalue weighted by Gasteiger charge is 2.38. The van der Waals surface area contributed by atoms with Gasteiger partial charge in [-0.3, -0.25) is 4.79 Å². The first-order chi connectivity index (χ1) is 8.54. The molecule has 0 bridgehead atoms. The van der Waals surface area contributed by atoms with Crippen LogP contribution in [0.5, 0.6) is 0 Å². The molecule has 1 atom stereocenters. The molecule has 1 heterocycles. The first-order valence-electron chi connectivity index (χ1n) is 5.38. The summed E-state index contributed by atoms with van der Waals surface area (Å²) in [5.41, 5.74) is 1.33. The number of halogens is 1. The van der Waals surface area contributed by atoms with Crippen molar-refractivity contribution in [1.82, 2.24) is 5.32 Å². The number of carbonyl (C=O) groups is 2. The number of urea groups is 1. The van der Waals surface area contributed by atoms with Crippen molar-refractivity contribution < 1.29 is 9.59 Å². The Morgan fingerprint density at radius 1 is 1.50 bits per heavy atom. The normalized spacial score (nSPS) is 18.7. The lowest BCUT2D eigenvalue weighted by Crippen LogP contribution is -2.31. The summed E-state index contributed by atoms with van der Waals surface area (Å²) in [5, 5.41) is 3.05. The molecule has 3 amide bonds. The van der Waals surface area contributed by atoms with Crippen LogP contribution in [0.15, 0.2) is 18.2 Å². The van der Waals surface area contributed by atoms with Crippen LogP contribution >= 0.6 is 11.6 Å². The standard InChI is InChI=1S/C13H11ClN2O2/c1-3-4-11-12(17)16(13(18)15-11)9-6-5-8(2)10(14)7-9/h1,5-7,11H,4H2,2H3,(H,15,18). The van der Waals surface area contributed by atoms with E-state index >= 15 is 0 Å². The van der Waals surface area contributed by atoms with Gasteiger partial charge in [0.1, 0.15) is 6.04 Å². The third-order valence-electron chi connectivity index (χ3n) is 2.75. The summed E-state index contributed by atoms with van der Waals surface area (Å²) in [6, 6.07) is 3.90. The Bertz CT molecular complexity index is 563. The zero-order chi connectivity index (χ0) is 13.3. The fourth-order valence-corrected chi connectivity index (χ4v) is 1.93. The molecule has 0 radical (unpaired) electrons. The molecule has 1 saturated heterocycles. The number of terminal acetylenes is 1. The van der Waals surface area contributed by atoms with Gasteiger partial charge in [-0.2, -0.15) is 0 Å². The van der Waals surface area contributed by atoms with Crippen LogP contribution in [-0.4, -0.2) is 18.0 Å². The number of nitrogens with one attached hydrogen (secondary N) is 1. The predicted molar refractivity (Wildman–Crippen MR) is 69.4 cm³/mol. The van der Waals surface area contributed by atoms with E-state index in [1.54, 1.807) is 18.2 Å². The molecule has 1 aromatic rings. The largest absolute Gasteiger partial charge is 0.329 e. The predicted octanol–water partition coefficient (Wildman–Crippen LogP) is 2.10. The second-order valence-corrected chi connectivity index (χ2v) is 4.42. The molecule has 5 heteroatoms. The van der Waals surface area contributed by atoms with E-state index in [-0.39, 0.29) is 12.3 Å². The van der Waals surface area contributed by atoms with Crippen LogP contribution in [0.3, 0.4) is 0 Å². The second-order valence-electron chi connectivity index (χ2n) is 4.02. The molecule has 0 aliphatic carbocycles. The zero-order valence-corrected chi connectivity index (χ0v) is 10.5. The fourth-order valence-electron chi connectivity index (χ4n) is 1.75. The summed E-state index contributed by atoms with van der Waals surface area (Å²) in [4.78, 5) is 24.8. The van der Waals surface area contributed by atoms with Crippen LogP contribution in [-0.2, 0) is 4.79 Å². The van der Waals surface area contributed by atoms with Crippen LogP contribution in [0.25, 0.3) is 0 Å². The highest BCUT2D eigenvalue weighted by molar-refractivity contribution is 6.32. The number of nitrogens with zero attached hydrogens (tertiary/aromatic N) is 1. The van der Waals surface area contributed by atoms with Crippen molar-refractivity contribution >= 4 is 29.2 Å². The van der Waals surface area contributed by atoms with Gasteiger partial charge in [0, 0.05) is 11.4 Å². The minimum absolute atomic E-state index is 0.181. The number of aryl methyl sites for hydroxylation is 1. The second kappa shape index (κ2) is 4.71. The third-order valence-corrected chi connectivity index (χ3v) is 3.16. The SMILES string of the molecule is C#CCC1NC(=O)N(c2ccc(C)c(Cl)c2)C1=O. The Labute approximate surface area is 110 Å². The third kappa shape index (κ3) is 2.05. The van der Waals surface area contributed by atoms with E-state index in [9.17, 15) is 9.59 Å². The number of benzene rings is 1. The number of amides is 3. The number of hydrogen-bond donors (Lipinski definition) is 1. The molecule has 1 unspecified atom stereocenters. The maximum absolute atomic E-state index is 12.0. The summed E-state index contributed by atoms with van der Waals surface area (Å²) in [5.74, 6) is 2.02. The molecule has 0 spiro atoms. The highest BCUT2D eigenvalue weighted by atomic mass is 35.5. The topological polar surface area (TPSA) is 49.4 Å². The number of imide groups is 1. The van der Waals surface area contributed by atoms with Crippen molar-refractivity contribution in [2.24, 2.45) is 0 Å². The summed E-state index contributed by atoms with van der Waals surface area (Å²) in [6.07, 6.45) is 5.33. The molecular weight excluding hydrogens is 252 g/mol. The average molecular weight is 263 g/mol. The Morgan fingerprint density at radius 3 is 2.83 bits per heavy atom. The summed E-state index contributed by atoms with van der Waals surface area (Å²) in [6.45, 7) is 1.85. The van der Waals surface area contributed by atoms with Crippen LogP contribution in [0.1, 0.15) is 12.0 Å². The molecule has 1 aromatic carbocycles. The summed E-state index contributed by atoms with van der Waals surface area (Å²) >= 11 is 5.98. The molecule has 1 aliphatic heterocycles. The van der Waals surface area contributed by atoms with Crippen LogP contribution in [0, 0.1) is 19.3 Å². The molecule has 92 valence electrons. The number of carbonyl (C=O) groups excluding carboxylic acids is 2. The summed E-state index contributed by atoms with van der Waals surface area (Å²) in [7, 11) is 0. The van der Waals surface area contributed by atoms with Crippen molar-refractivity contribution in [3.05, 3.63) is 28.8 Å². The monoisotopic (exact) mass is 262 g/mol. The Morgan fingerprint density at radius 2 is 2.22 bits per heavy atom. The number of anilines is 1. The van der Waals surface area contributed by atoms with E-state index in [2.05, 4.69) is 11.2 Å². The quantitative estimate of drug-likeness (QED) is 0.655. The lowest BCUT2D eigenvalue weighted by atomic mass is 10.2. The molecule has 1 fully saturated rings. The van der Waals surface area contributed by atoms with Gasteiger partial charge in [-0.15, -0.1) is 12.3 Å². The van der Waals surface area contributed by atoms with Crippen molar-refractivity contribution in [2.45, 2.75) is 19.4 Å². The van der Waals surface area contributed by atoms with Gasteiger partial charge in [-0.05, 0) is 24.6 Å². The van der Waals surface area contributed by atoms with Crippen molar-refractivity contribution in [3.8, 4) is 12.3 Å². The molecule has 2 rings (SSSR count). The first-order valence-corrected chi connectivity index (χ1v) is 5.76. The minimum Gasteiger partial charge on any atom is -0.324 e. The molecular formula is C13H11ClN2O2.